The van der Waals surface area contributed by atoms with Crippen LogP contribution in [-0.4, -0.2) is 40.8 Å². The van der Waals surface area contributed by atoms with Crippen LogP contribution in [0, 0.1) is 5.92 Å². The first-order valence-corrected chi connectivity index (χ1v) is 9.94. The molecule has 6 nitrogen and oxygen atoms in total. The molecule has 0 radical (unpaired) electrons. The van der Waals surface area contributed by atoms with Crippen molar-refractivity contribution >= 4 is 34.0 Å². The van der Waals surface area contributed by atoms with E-state index in [0.717, 1.165) is 31.4 Å². The Kier molecular flexibility index (Phi) is 4.88. The largest absolute Gasteiger partial charge is 0.353 e. The molecule has 1 atom stereocenters. The van der Waals surface area contributed by atoms with Gasteiger partial charge in [0, 0.05) is 30.2 Å². The van der Waals surface area contributed by atoms with Crippen molar-refractivity contribution in [3.05, 3.63) is 41.4 Å². The lowest BCUT2D eigenvalue weighted by atomic mass is 9.97. The molecular weight excluding hydrogens is 348 g/mol. The van der Waals surface area contributed by atoms with Crippen LogP contribution in [0.1, 0.15) is 36.2 Å². The van der Waals surface area contributed by atoms with Crippen molar-refractivity contribution in [2.24, 2.45) is 5.92 Å². The third kappa shape index (κ3) is 4.04. The van der Waals surface area contributed by atoms with Crippen LogP contribution in [0.5, 0.6) is 0 Å². The van der Waals surface area contributed by atoms with Gasteiger partial charge in [-0.25, -0.2) is 4.98 Å². The fraction of sp³-hybridized carbons (Fsp3) is 0.421. The van der Waals surface area contributed by atoms with Crippen LogP contribution >= 0.6 is 11.3 Å². The molecule has 2 fully saturated rings. The number of hydrogen-bond acceptors (Lipinski definition) is 5. The van der Waals surface area contributed by atoms with Crippen molar-refractivity contribution in [2.45, 2.75) is 31.7 Å². The number of carbonyl (C=O) groups excluding carboxylic acids is 2. The summed E-state index contributed by atoms with van der Waals surface area (Å²) in [5, 5.41) is 8.74. The van der Waals surface area contributed by atoms with Crippen LogP contribution in [0.3, 0.4) is 0 Å². The first-order chi connectivity index (χ1) is 12.7. The SMILES string of the molecule is O=C(NC1CC1)C1CCCN(C(=O)c2csc(Nc3ccccc3)n2)C1. The van der Waals surface area contributed by atoms with E-state index in [1.54, 1.807) is 10.3 Å². The minimum Gasteiger partial charge on any atom is -0.353 e. The van der Waals surface area contributed by atoms with Crippen LogP contribution in [0.15, 0.2) is 35.7 Å². The maximum atomic E-state index is 12.8. The molecule has 1 aliphatic heterocycles. The number of piperidine rings is 1. The Morgan fingerprint density at radius 2 is 1.96 bits per heavy atom. The molecular formula is C19H22N4O2S. The van der Waals surface area contributed by atoms with Crippen molar-refractivity contribution in [1.29, 1.82) is 0 Å². The van der Waals surface area contributed by atoms with Crippen LogP contribution < -0.4 is 10.6 Å². The molecule has 7 heteroatoms. The molecule has 1 aromatic carbocycles. The van der Waals surface area contributed by atoms with E-state index in [1.165, 1.54) is 11.3 Å². The zero-order valence-corrected chi connectivity index (χ0v) is 15.3. The van der Waals surface area contributed by atoms with E-state index in [-0.39, 0.29) is 17.7 Å². The Labute approximate surface area is 156 Å². The standard InChI is InChI=1S/C19H22N4O2S/c24-17(20-15-8-9-15)13-5-4-10-23(11-13)18(25)16-12-26-19(22-16)21-14-6-2-1-3-7-14/h1-3,6-7,12-13,15H,4-5,8-11H2,(H,20,24)(H,21,22). The number of nitrogens with zero attached hydrogens (tertiary/aromatic N) is 2. The van der Waals surface area contributed by atoms with Gasteiger partial charge in [-0.2, -0.15) is 0 Å². The Hall–Kier alpha value is -2.41. The second-order valence-electron chi connectivity index (χ2n) is 6.90. The third-order valence-corrected chi connectivity index (χ3v) is 5.51. The first kappa shape index (κ1) is 17.0. The number of rotatable bonds is 5. The number of likely N-dealkylation sites (tertiary alicyclic amines) is 1. The zero-order valence-electron chi connectivity index (χ0n) is 14.5. The van der Waals surface area contributed by atoms with E-state index in [4.69, 9.17) is 0 Å². The highest BCUT2D eigenvalue weighted by Crippen LogP contribution is 2.25. The summed E-state index contributed by atoms with van der Waals surface area (Å²) in [5.41, 5.74) is 1.38. The Bertz CT molecular complexity index is 788. The highest BCUT2D eigenvalue weighted by Gasteiger charge is 2.32. The van der Waals surface area contributed by atoms with Crippen LogP contribution in [-0.2, 0) is 4.79 Å². The van der Waals surface area contributed by atoms with Gasteiger partial charge in [0.25, 0.3) is 5.91 Å². The Balaban J connectivity index is 1.38. The van der Waals surface area contributed by atoms with E-state index in [2.05, 4.69) is 15.6 Å². The normalized spacial score (nSPS) is 19.8. The molecule has 1 aromatic heterocycles. The van der Waals surface area contributed by atoms with Crippen molar-refractivity contribution < 1.29 is 9.59 Å². The highest BCUT2D eigenvalue weighted by molar-refractivity contribution is 7.14. The molecule has 0 bridgehead atoms. The van der Waals surface area contributed by atoms with Gasteiger partial charge in [0.15, 0.2) is 5.13 Å². The molecule has 2 aliphatic rings. The quantitative estimate of drug-likeness (QED) is 0.848. The summed E-state index contributed by atoms with van der Waals surface area (Å²) in [4.78, 5) is 31.3. The number of thiazole rings is 1. The fourth-order valence-electron chi connectivity index (χ4n) is 3.16. The smallest absolute Gasteiger partial charge is 0.273 e. The van der Waals surface area contributed by atoms with Gasteiger partial charge >= 0.3 is 0 Å². The number of nitrogens with one attached hydrogen (secondary N) is 2. The van der Waals surface area contributed by atoms with Gasteiger partial charge in [0.1, 0.15) is 5.69 Å². The van der Waals surface area contributed by atoms with Gasteiger partial charge in [-0.1, -0.05) is 18.2 Å². The number of anilines is 2. The minimum absolute atomic E-state index is 0.0914. The maximum absolute atomic E-state index is 12.8. The van der Waals surface area contributed by atoms with Gasteiger partial charge < -0.3 is 15.5 Å². The number of aromatic nitrogens is 1. The van der Waals surface area contributed by atoms with Gasteiger partial charge in [0.05, 0.1) is 5.92 Å². The second kappa shape index (κ2) is 7.45. The summed E-state index contributed by atoms with van der Waals surface area (Å²) >= 11 is 1.41. The zero-order chi connectivity index (χ0) is 17.9. The summed E-state index contributed by atoms with van der Waals surface area (Å²) in [6, 6.07) is 10.1. The minimum atomic E-state index is -0.103. The van der Waals surface area contributed by atoms with Crippen molar-refractivity contribution in [1.82, 2.24) is 15.2 Å². The third-order valence-electron chi connectivity index (χ3n) is 4.75. The molecule has 2 N–H and O–H groups in total. The maximum Gasteiger partial charge on any atom is 0.273 e. The van der Waals surface area contributed by atoms with E-state index in [0.29, 0.717) is 30.0 Å². The topological polar surface area (TPSA) is 74.3 Å². The lowest BCUT2D eigenvalue weighted by Crippen LogP contribution is -2.46. The van der Waals surface area contributed by atoms with Gasteiger partial charge in [-0.05, 0) is 37.8 Å². The van der Waals surface area contributed by atoms with Crippen LogP contribution in [0.2, 0.25) is 0 Å². The van der Waals surface area contributed by atoms with Crippen molar-refractivity contribution in [3.63, 3.8) is 0 Å². The van der Waals surface area contributed by atoms with Crippen LogP contribution in [0.4, 0.5) is 10.8 Å². The number of para-hydroxylation sites is 1. The van der Waals surface area contributed by atoms with E-state index < -0.39 is 0 Å². The number of carbonyl (C=O) groups is 2. The fourth-order valence-corrected chi connectivity index (χ4v) is 3.86. The Morgan fingerprint density at radius 3 is 2.73 bits per heavy atom. The summed E-state index contributed by atoms with van der Waals surface area (Å²) in [5.74, 6) is -0.102. The van der Waals surface area contributed by atoms with Crippen molar-refractivity contribution in [2.75, 3.05) is 18.4 Å². The monoisotopic (exact) mass is 370 g/mol. The number of hydrogen-bond donors (Lipinski definition) is 2. The predicted octanol–water partition coefficient (Wildman–Crippen LogP) is 3.02. The molecule has 1 aliphatic carbocycles. The van der Waals surface area contributed by atoms with Gasteiger partial charge in [0.2, 0.25) is 5.91 Å². The first-order valence-electron chi connectivity index (χ1n) is 9.06. The number of amides is 2. The Morgan fingerprint density at radius 1 is 1.15 bits per heavy atom. The van der Waals surface area contributed by atoms with Crippen molar-refractivity contribution in [3.8, 4) is 0 Å². The lowest BCUT2D eigenvalue weighted by molar-refractivity contribution is -0.126. The average molecular weight is 370 g/mol. The average Bonchev–Trinajstić information content (AvgIpc) is 3.37. The molecule has 2 aromatic rings. The summed E-state index contributed by atoms with van der Waals surface area (Å²) in [7, 11) is 0. The highest BCUT2D eigenvalue weighted by atomic mass is 32.1. The van der Waals surface area contributed by atoms with Crippen LogP contribution in [0.25, 0.3) is 0 Å². The van der Waals surface area contributed by atoms with Gasteiger partial charge in [-0.15, -0.1) is 11.3 Å². The molecule has 1 unspecified atom stereocenters. The molecule has 136 valence electrons. The molecule has 2 amide bonds. The number of benzene rings is 1. The van der Waals surface area contributed by atoms with E-state index >= 15 is 0 Å². The molecule has 1 saturated carbocycles. The molecule has 2 heterocycles. The van der Waals surface area contributed by atoms with E-state index in [9.17, 15) is 9.59 Å². The lowest BCUT2D eigenvalue weighted by Gasteiger charge is -2.31. The predicted molar refractivity (Wildman–Crippen MR) is 102 cm³/mol. The molecule has 26 heavy (non-hydrogen) atoms. The van der Waals surface area contributed by atoms with Gasteiger partial charge in [-0.3, -0.25) is 9.59 Å². The summed E-state index contributed by atoms with van der Waals surface area (Å²) in [6.07, 6.45) is 3.86. The molecule has 1 saturated heterocycles. The summed E-state index contributed by atoms with van der Waals surface area (Å²) < 4.78 is 0. The molecule has 0 spiro atoms. The van der Waals surface area contributed by atoms with E-state index in [1.807, 2.05) is 30.3 Å². The molecule has 4 rings (SSSR count). The second-order valence-corrected chi connectivity index (χ2v) is 7.76. The summed E-state index contributed by atoms with van der Waals surface area (Å²) in [6.45, 7) is 1.17.